The highest BCUT2D eigenvalue weighted by atomic mass is 32.1. The van der Waals surface area contributed by atoms with E-state index >= 15 is 0 Å². The first-order chi connectivity index (χ1) is 7.63. The lowest BCUT2D eigenvalue weighted by atomic mass is 9.91. The Balaban J connectivity index is 2.07. The molecule has 0 N–H and O–H groups in total. The molecule has 16 heavy (non-hydrogen) atoms. The third kappa shape index (κ3) is 2.35. The van der Waals surface area contributed by atoms with Gasteiger partial charge in [-0.25, -0.2) is 14.3 Å². The van der Waals surface area contributed by atoms with Gasteiger partial charge < -0.3 is 4.90 Å². The van der Waals surface area contributed by atoms with E-state index in [4.69, 9.17) is 12.4 Å². The van der Waals surface area contributed by atoms with Crippen LogP contribution in [0.25, 0.3) is 0 Å². The smallest absolute Gasteiger partial charge is 0.132 e. The average Bonchev–Trinajstić information content (AvgIpc) is 2.30. The lowest BCUT2D eigenvalue weighted by Crippen LogP contribution is -2.41. The largest absolute Gasteiger partial charge is 0.356 e. The van der Waals surface area contributed by atoms with E-state index in [-0.39, 0.29) is 5.54 Å². The van der Waals surface area contributed by atoms with Crippen molar-refractivity contribution in [2.75, 3.05) is 18.0 Å². The van der Waals surface area contributed by atoms with Crippen LogP contribution >= 0.6 is 0 Å². The zero-order valence-corrected chi connectivity index (χ0v) is 10.5. The van der Waals surface area contributed by atoms with Gasteiger partial charge in [-0.1, -0.05) is 0 Å². The van der Waals surface area contributed by atoms with E-state index < -0.39 is 0 Å². The summed E-state index contributed by atoms with van der Waals surface area (Å²) in [6.45, 7) is 6.04. The van der Waals surface area contributed by atoms with E-state index in [2.05, 4.69) is 26.2 Å². The first-order valence-electron chi connectivity index (χ1n) is 5.51. The first-order valence-corrected chi connectivity index (χ1v) is 5.88. The Labute approximate surface area is 101 Å². The van der Waals surface area contributed by atoms with Crippen molar-refractivity contribution >= 4 is 18.2 Å². The Bertz CT molecular complexity index is 385. The highest BCUT2D eigenvalue weighted by Crippen LogP contribution is 2.27. The van der Waals surface area contributed by atoms with Gasteiger partial charge in [-0.3, -0.25) is 0 Å². The van der Waals surface area contributed by atoms with Crippen molar-refractivity contribution in [3.63, 3.8) is 0 Å². The Morgan fingerprint density at radius 2 is 2.06 bits per heavy atom. The number of anilines is 1. The molecule has 0 bridgehead atoms. The fraction of sp³-hybridized carbons (Fsp3) is 0.636. The number of hydrogen-bond acceptors (Lipinski definition) is 5. The highest BCUT2D eigenvalue weighted by molar-refractivity contribution is 7.47. The molecule has 0 amide bonds. The van der Waals surface area contributed by atoms with Gasteiger partial charge >= 0.3 is 0 Å². The summed E-state index contributed by atoms with van der Waals surface area (Å²) in [6.07, 6.45) is 3.62. The Hall–Kier alpha value is -1.10. The Morgan fingerprint density at radius 3 is 2.62 bits per heavy atom. The molecule has 4 nitrogen and oxygen atoms in total. The van der Waals surface area contributed by atoms with Gasteiger partial charge in [-0.15, -0.1) is 0 Å². The van der Waals surface area contributed by atoms with E-state index in [1.54, 1.807) is 6.33 Å². The molecule has 0 aromatic carbocycles. The third-order valence-corrected chi connectivity index (χ3v) is 3.62. The minimum absolute atomic E-state index is 0.0199. The van der Waals surface area contributed by atoms with Crippen molar-refractivity contribution < 1.29 is 0 Å². The second kappa shape index (κ2) is 4.41. The minimum atomic E-state index is -0.0199. The molecule has 1 aliphatic rings. The normalized spacial score (nSPS) is 19.5. The fourth-order valence-electron chi connectivity index (χ4n) is 1.92. The molecule has 2 rings (SSSR count). The van der Waals surface area contributed by atoms with Gasteiger partial charge in [-0.05, 0) is 26.7 Å². The van der Waals surface area contributed by atoms with Crippen molar-refractivity contribution in [1.29, 1.82) is 0 Å². The van der Waals surface area contributed by atoms with Crippen LogP contribution in [0.2, 0.25) is 0 Å². The molecular weight excluding hydrogens is 220 g/mol. The molecule has 0 radical (unpaired) electrons. The van der Waals surface area contributed by atoms with Crippen LogP contribution in [-0.2, 0) is 12.4 Å². The first kappa shape index (κ1) is 11.4. The molecule has 1 aliphatic heterocycles. The summed E-state index contributed by atoms with van der Waals surface area (Å²) >= 11 is 4.84. The maximum absolute atomic E-state index is 4.84. The van der Waals surface area contributed by atoms with Gasteiger partial charge in [-0.2, -0.15) is 0 Å². The van der Waals surface area contributed by atoms with E-state index in [1.165, 1.54) is 0 Å². The van der Waals surface area contributed by atoms with E-state index in [1.807, 2.05) is 13.0 Å². The number of aryl methyl sites for hydroxylation is 1. The molecule has 1 saturated heterocycles. The minimum Gasteiger partial charge on any atom is -0.356 e. The average molecular weight is 236 g/mol. The summed E-state index contributed by atoms with van der Waals surface area (Å²) in [5.41, 5.74) is 0.986. The SMILES string of the molecule is Cc1cc(N2CCC(C)(N=S)CC2)ncn1. The molecule has 0 saturated carbocycles. The standard InChI is InChI=1S/C11H16N4S/c1-9-7-10(13-8-12-9)15-5-3-11(2,14-16)4-6-15/h7-8H,3-6H2,1-2H3. The van der Waals surface area contributed by atoms with E-state index in [0.717, 1.165) is 37.4 Å². The molecule has 5 heteroatoms. The van der Waals surface area contributed by atoms with Crippen molar-refractivity contribution in [3.05, 3.63) is 18.1 Å². The summed E-state index contributed by atoms with van der Waals surface area (Å²) in [7, 11) is 0. The number of aromatic nitrogens is 2. The monoisotopic (exact) mass is 236 g/mol. The number of piperidine rings is 1. The molecule has 0 atom stereocenters. The van der Waals surface area contributed by atoms with Crippen molar-refractivity contribution in [3.8, 4) is 0 Å². The molecule has 2 heterocycles. The number of rotatable bonds is 2. The summed E-state index contributed by atoms with van der Waals surface area (Å²) in [5.74, 6) is 1.01. The Kier molecular flexibility index (Phi) is 3.14. The zero-order chi connectivity index (χ0) is 11.6. The molecule has 1 aromatic heterocycles. The molecule has 0 aliphatic carbocycles. The van der Waals surface area contributed by atoms with Crippen LogP contribution in [0.5, 0.6) is 0 Å². The van der Waals surface area contributed by atoms with Crippen molar-refractivity contribution in [1.82, 2.24) is 9.97 Å². The number of nitrogens with zero attached hydrogens (tertiary/aromatic N) is 4. The van der Waals surface area contributed by atoms with Crippen LogP contribution in [0, 0.1) is 6.92 Å². The quantitative estimate of drug-likeness (QED) is 0.786. The van der Waals surface area contributed by atoms with Crippen LogP contribution in [0.1, 0.15) is 25.5 Å². The van der Waals surface area contributed by atoms with Crippen LogP contribution in [-0.4, -0.2) is 28.6 Å². The predicted octanol–water partition coefficient (Wildman–Crippen LogP) is 1.87. The molecule has 0 unspecified atom stereocenters. The molecule has 1 fully saturated rings. The van der Waals surface area contributed by atoms with Gasteiger partial charge in [0.25, 0.3) is 0 Å². The maximum Gasteiger partial charge on any atom is 0.132 e. The van der Waals surface area contributed by atoms with Gasteiger partial charge in [0.1, 0.15) is 12.1 Å². The summed E-state index contributed by atoms with van der Waals surface area (Å²) in [5, 5.41) is 0. The topological polar surface area (TPSA) is 41.4 Å². The lowest BCUT2D eigenvalue weighted by molar-refractivity contribution is 0.371. The second-order valence-electron chi connectivity index (χ2n) is 4.59. The molecular formula is C11H16N4S. The second-order valence-corrected chi connectivity index (χ2v) is 4.78. The maximum atomic E-state index is 4.84. The zero-order valence-electron chi connectivity index (χ0n) is 9.68. The van der Waals surface area contributed by atoms with E-state index in [0.29, 0.717) is 0 Å². The predicted molar refractivity (Wildman–Crippen MR) is 66.4 cm³/mol. The number of hydrogen-bond donors (Lipinski definition) is 0. The summed E-state index contributed by atoms with van der Waals surface area (Å²) in [6, 6.07) is 2.02. The highest BCUT2D eigenvalue weighted by Gasteiger charge is 2.29. The molecule has 0 spiro atoms. The fourth-order valence-corrected chi connectivity index (χ4v) is 2.10. The molecule has 86 valence electrons. The van der Waals surface area contributed by atoms with Crippen LogP contribution in [0.3, 0.4) is 0 Å². The van der Waals surface area contributed by atoms with Crippen LogP contribution in [0.4, 0.5) is 5.82 Å². The van der Waals surface area contributed by atoms with Gasteiger partial charge in [0.2, 0.25) is 0 Å². The third-order valence-electron chi connectivity index (χ3n) is 3.17. The van der Waals surface area contributed by atoms with E-state index in [9.17, 15) is 0 Å². The van der Waals surface area contributed by atoms with Crippen LogP contribution < -0.4 is 4.90 Å². The van der Waals surface area contributed by atoms with Crippen molar-refractivity contribution in [2.45, 2.75) is 32.2 Å². The summed E-state index contributed by atoms with van der Waals surface area (Å²) < 4.78 is 4.05. The van der Waals surface area contributed by atoms with Gasteiger partial charge in [0.05, 0.1) is 5.54 Å². The lowest BCUT2D eigenvalue weighted by Gasteiger charge is -2.36. The van der Waals surface area contributed by atoms with Crippen molar-refractivity contribution in [2.24, 2.45) is 4.36 Å². The molecule has 1 aromatic rings. The van der Waals surface area contributed by atoms with Gasteiger partial charge in [0, 0.05) is 37.3 Å². The Morgan fingerprint density at radius 1 is 1.38 bits per heavy atom. The van der Waals surface area contributed by atoms with Crippen LogP contribution in [0.15, 0.2) is 16.8 Å². The van der Waals surface area contributed by atoms with Gasteiger partial charge in [0.15, 0.2) is 0 Å². The summed E-state index contributed by atoms with van der Waals surface area (Å²) in [4.78, 5) is 10.7.